The second-order valence-electron chi connectivity index (χ2n) is 6.60. The van der Waals surface area contributed by atoms with Gasteiger partial charge in [0.05, 0.1) is 9.58 Å². The number of carbonyl (C=O) groups is 2. The number of aromatic nitrogens is 1. The number of hydrogen-bond donors (Lipinski definition) is 1. The van der Waals surface area contributed by atoms with E-state index in [-0.39, 0.29) is 11.8 Å². The van der Waals surface area contributed by atoms with E-state index in [4.69, 9.17) is 0 Å². The number of nitrogens with zero attached hydrogens (tertiary/aromatic N) is 3. The Hall–Kier alpha value is -2.45. The first-order chi connectivity index (χ1) is 13.6. The first kappa shape index (κ1) is 18.9. The zero-order valence-corrected chi connectivity index (χ0v) is 17.5. The third-order valence-electron chi connectivity index (χ3n) is 4.85. The highest BCUT2D eigenvalue weighted by Gasteiger charge is 2.21. The van der Waals surface area contributed by atoms with Gasteiger partial charge in [-0.3, -0.25) is 9.59 Å². The predicted octanol–water partition coefficient (Wildman–Crippen LogP) is 4.58. The molecule has 0 aliphatic carbocycles. The molecule has 8 heteroatoms. The van der Waals surface area contributed by atoms with E-state index in [0.717, 1.165) is 46.4 Å². The third kappa shape index (κ3) is 3.62. The number of benzene rings is 1. The van der Waals surface area contributed by atoms with E-state index in [1.54, 1.807) is 16.2 Å². The van der Waals surface area contributed by atoms with Crippen molar-refractivity contribution in [3.05, 3.63) is 35.2 Å². The molecule has 1 aliphatic heterocycles. The molecule has 0 saturated carbocycles. The predicted molar refractivity (Wildman–Crippen MR) is 117 cm³/mol. The van der Waals surface area contributed by atoms with Gasteiger partial charge in [0.15, 0.2) is 5.13 Å². The molecule has 0 radical (unpaired) electrons. The lowest BCUT2D eigenvalue weighted by Crippen LogP contribution is -2.23. The van der Waals surface area contributed by atoms with Crippen LogP contribution < -0.4 is 15.1 Å². The first-order valence-corrected chi connectivity index (χ1v) is 11.1. The Labute approximate surface area is 171 Å². The number of fused-ring (bicyclic) bond motifs is 1. The van der Waals surface area contributed by atoms with Gasteiger partial charge < -0.3 is 15.1 Å². The Morgan fingerprint density at radius 1 is 1.21 bits per heavy atom. The highest BCUT2D eigenvalue weighted by atomic mass is 32.1. The molecule has 146 valence electrons. The number of thiophene rings is 1. The Morgan fingerprint density at radius 3 is 2.57 bits per heavy atom. The monoisotopic (exact) mass is 414 g/mol. The van der Waals surface area contributed by atoms with E-state index in [2.05, 4.69) is 29.0 Å². The smallest absolute Gasteiger partial charge is 0.265 e. The number of hydrogen-bond acceptors (Lipinski definition) is 6. The lowest BCUT2D eigenvalue weighted by atomic mass is 10.2. The summed E-state index contributed by atoms with van der Waals surface area (Å²) >= 11 is 3.04. The summed E-state index contributed by atoms with van der Waals surface area (Å²) in [5, 5.41) is 3.94. The highest BCUT2D eigenvalue weighted by Crippen LogP contribution is 2.35. The summed E-state index contributed by atoms with van der Waals surface area (Å²) in [5.41, 5.74) is 1.60. The third-order valence-corrected chi connectivity index (χ3v) is 7.07. The minimum absolute atomic E-state index is 0.135. The van der Waals surface area contributed by atoms with E-state index in [9.17, 15) is 9.59 Å². The zero-order chi connectivity index (χ0) is 19.7. The SMILES string of the molecule is CCN(CC)c1nc2sc(C(=O)Nc3ccc(N4CCCC4=O)cc3)cc2s1. The van der Waals surface area contributed by atoms with Crippen molar-refractivity contribution in [2.45, 2.75) is 26.7 Å². The lowest BCUT2D eigenvalue weighted by Gasteiger charge is -2.16. The molecule has 1 aromatic carbocycles. The molecule has 0 atom stereocenters. The average molecular weight is 415 g/mol. The van der Waals surface area contributed by atoms with Gasteiger partial charge in [-0.1, -0.05) is 11.3 Å². The molecule has 0 unspecified atom stereocenters. The van der Waals surface area contributed by atoms with Crippen molar-refractivity contribution in [3.8, 4) is 0 Å². The van der Waals surface area contributed by atoms with Crippen molar-refractivity contribution < 1.29 is 9.59 Å². The van der Waals surface area contributed by atoms with Crippen LogP contribution >= 0.6 is 22.7 Å². The molecular formula is C20H22N4O2S2. The summed E-state index contributed by atoms with van der Waals surface area (Å²) in [5.74, 6) is 0.0246. The number of carbonyl (C=O) groups excluding carboxylic acids is 2. The summed E-state index contributed by atoms with van der Waals surface area (Å²) in [6.07, 6.45) is 1.51. The van der Waals surface area contributed by atoms with Crippen molar-refractivity contribution >= 4 is 60.5 Å². The van der Waals surface area contributed by atoms with Gasteiger partial charge in [0.25, 0.3) is 5.91 Å². The van der Waals surface area contributed by atoms with Crippen LogP contribution in [0.2, 0.25) is 0 Å². The summed E-state index contributed by atoms with van der Waals surface area (Å²) in [6.45, 7) is 6.83. The minimum atomic E-state index is -0.135. The van der Waals surface area contributed by atoms with Crippen molar-refractivity contribution in [2.75, 3.05) is 34.8 Å². The standard InChI is InChI=1S/C20H22N4O2S2/c1-3-23(4-2)20-22-19-16(28-20)12-15(27-19)18(26)21-13-7-9-14(10-8-13)24-11-5-6-17(24)25/h7-10,12H,3-6,11H2,1-2H3,(H,21,26). The van der Waals surface area contributed by atoms with Crippen LogP contribution in [-0.2, 0) is 4.79 Å². The van der Waals surface area contributed by atoms with E-state index in [0.29, 0.717) is 17.0 Å². The second kappa shape index (κ2) is 7.89. The molecule has 4 rings (SSSR count). The Kier molecular flexibility index (Phi) is 5.32. The molecule has 2 aromatic heterocycles. The van der Waals surface area contributed by atoms with Crippen LogP contribution in [0.3, 0.4) is 0 Å². The van der Waals surface area contributed by atoms with E-state index >= 15 is 0 Å². The molecule has 1 aliphatic rings. The van der Waals surface area contributed by atoms with Gasteiger partial charge in [0.1, 0.15) is 4.83 Å². The highest BCUT2D eigenvalue weighted by molar-refractivity contribution is 7.29. The van der Waals surface area contributed by atoms with Gasteiger partial charge in [0.2, 0.25) is 5.91 Å². The van der Waals surface area contributed by atoms with Crippen LogP contribution in [0.15, 0.2) is 30.3 Å². The fourth-order valence-electron chi connectivity index (χ4n) is 3.30. The fraction of sp³-hybridized carbons (Fsp3) is 0.350. The number of rotatable bonds is 6. The zero-order valence-electron chi connectivity index (χ0n) is 15.9. The lowest BCUT2D eigenvalue weighted by molar-refractivity contribution is -0.117. The molecule has 1 fully saturated rings. The van der Waals surface area contributed by atoms with Crippen molar-refractivity contribution in [3.63, 3.8) is 0 Å². The summed E-state index contributed by atoms with van der Waals surface area (Å²) in [4.78, 5) is 34.7. The van der Waals surface area contributed by atoms with Gasteiger partial charge in [-0.05, 0) is 50.6 Å². The van der Waals surface area contributed by atoms with Crippen LogP contribution in [0.5, 0.6) is 0 Å². The van der Waals surface area contributed by atoms with Gasteiger partial charge in [-0.15, -0.1) is 11.3 Å². The van der Waals surface area contributed by atoms with Crippen molar-refractivity contribution in [1.82, 2.24) is 4.98 Å². The Balaban J connectivity index is 1.46. The van der Waals surface area contributed by atoms with Crippen molar-refractivity contribution in [1.29, 1.82) is 0 Å². The van der Waals surface area contributed by atoms with Gasteiger partial charge in [-0.2, -0.15) is 0 Å². The molecule has 1 N–H and O–H groups in total. The van der Waals surface area contributed by atoms with Crippen molar-refractivity contribution in [2.24, 2.45) is 0 Å². The molecule has 3 heterocycles. The maximum atomic E-state index is 12.6. The van der Waals surface area contributed by atoms with Gasteiger partial charge in [-0.25, -0.2) is 4.98 Å². The summed E-state index contributed by atoms with van der Waals surface area (Å²) < 4.78 is 1.04. The van der Waals surface area contributed by atoms with Crippen LogP contribution in [0.4, 0.5) is 16.5 Å². The van der Waals surface area contributed by atoms with E-state index in [1.165, 1.54) is 11.3 Å². The number of thiazole rings is 1. The van der Waals surface area contributed by atoms with Crippen LogP contribution in [0.1, 0.15) is 36.4 Å². The summed E-state index contributed by atoms with van der Waals surface area (Å²) in [6, 6.07) is 9.35. The molecule has 2 amide bonds. The second-order valence-corrected chi connectivity index (χ2v) is 8.64. The molecule has 6 nitrogen and oxygen atoms in total. The maximum Gasteiger partial charge on any atom is 0.265 e. The normalized spacial score (nSPS) is 14.1. The maximum absolute atomic E-state index is 12.6. The largest absolute Gasteiger partial charge is 0.349 e. The average Bonchev–Trinajstić information content (AvgIpc) is 3.38. The molecule has 1 saturated heterocycles. The van der Waals surface area contributed by atoms with Crippen LogP contribution in [0, 0.1) is 0 Å². The molecular weight excluding hydrogens is 392 g/mol. The van der Waals surface area contributed by atoms with Gasteiger partial charge >= 0.3 is 0 Å². The van der Waals surface area contributed by atoms with Gasteiger partial charge in [0, 0.05) is 37.4 Å². The Bertz CT molecular complexity index is 974. The molecule has 0 bridgehead atoms. The number of anilines is 3. The minimum Gasteiger partial charge on any atom is -0.349 e. The van der Waals surface area contributed by atoms with Crippen LogP contribution in [0.25, 0.3) is 9.53 Å². The number of nitrogens with one attached hydrogen (secondary N) is 1. The molecule has 3 aromatic rings. The topological polar surface area (TPSA) is 65.5 Å². The van der Waals surface area contributed by atoms with E-state index in [1.807, 2.05) is 30.3 Å². The Morgan fingerprint density at radius 2 is 1.96 bits per heavy atom. The first-order valence-electron chi connectivity index (χ1n) is 9.46. The fourth-order valence-corrected chi connectivity index (χ4v) is 5.54. The summed E-state index contributed by atoms with van der Waals surface area (Å²) in [7, 11) is 0. The molecule has 28 heavy (non-hydrogen) atoms. The number of amides is 2. The quantitative estimate of drug-likeness (QED) is 0.641. The van der Waals surface area contributed by atoms with E-state index < -0.39 is 0 Å². The molecule has 0 spiro atoms. The van der Waals surface area contributed by atoms with Crippen LogP contribution in [-0.4, -0.2) is 36.4 Å².